The lowest BCUT2D eigenvalue weighted by Crippen LogP contribution is -2.23. The second-order valence-corrected chi connectivity index (χ2v) is 7.07. The molecule has 0 aliphatic carbocycles. The molecule has 1 aromatic carbocycles. The summed E-state index contributed by atoms with van der Waals surface area (Å²) in [5.41, 5.74) is 8.82. The molecule has 1 aromatic heterocycles. The second kappa shape index (κ2) is 7.90. The number of nitrogens with zero attached hydrogens (tertiary/aromatic N) is 1. The minimum absolute atomic E-state index is 0.0689. The highest BCUT2D eigenvalue weighted by molar-refractivity contribution is 7.12. The number of carbonyl (C=O) groups is 1. The van der Waals surface area contributed by atoms with Crippen molar-refractivity contribution < 1.29 is 9.90 Å². The van der Waals surface area contributed by atoms with Gasteiger partial charge in [-0.3, -0.25) is 9.69 Å². The topological polar surface area (TPSA) is 78.6 Å². The monoisotopic (exact) mass is 345 g/mol. The maximum atomic E-state index is 12.2. The molecule has 5 nitrogen and oxygen atoms in total. The molecule has 128 valence electrons. The summed E-state index contributed by atoms with van der Waals surface area (Å²) in [4.78, 5) is 15.2. The van der Waals surface area contributed by atoms with Gasteiger partial charge in [0.1, 0.15) is 0 Å². The first-order valence-corrected chi connectivity index (χ1v) is 9.06. The molecule has 1 amide bonds. The minimum atomic E-state index is -0.185. The van der Waals surface area contributed by atoms with Crippen LogP contribution in [0.15, 0.2) is 35.7 Å². The Balaban J connectivity index is 1.52. The van der Waals surface area contributed by atoms with Crippen molar-refractivity contribution in [1.82, 2.24) is 10.2 Å². The number of hydrogen-bond acceptors (Lipinski definition) is 5. The average Bonchev–Trinajstić information content (AvgIpc) is 3.22. The zero-order valence-corrected chi connectivity index (χ0v) is 14.4. The Morgan fingerprint density at radius 2 is 2.04 bits per heavy atom. The van der Waals surface area contributed by atoms with Crippen molar-refractivity contribution >= 4 is 17.2 Å². The number of nitrogens with one attached hydrogen (secondary N) is 1. The van der Waals surface area contributed by atoms with Gasteiger partial charge in [0.15, 0.2) is 0 Å². The van der Waals surface area contributed by atoms with E-state index in [0.29, 0.717) is 18.0 Å². The van der Waals surface area contributed by atoms with Gasteiger partial charge in [-0.25, -0.2) is 0 Å². The standard InChI is InChI=1S/C18H23N3O2S/c19-9-15-6-8-24-17(15)18(23)20-10-13-1-3-14(4-2-13)11-21-7-5-16(22)12-21/h1-4,6,8,16,22H,5,7,9-12,19H2,(H,20,23). The normalized spacial score (nSPS) is 18.0. The zero-order chi connectivity index (χ0) is 16.9. The molecule has 3 rings (SSSR count). The van der Waals surface area contributed by atoms with E-state index in [1.54, 1.807) is 0 Å². The Morgan fingerprint density at radius 3 is 2.71 bits per heavy atom. The van der Waals surface area contributed by atoms with Crippen molar-refractivity contribution in [3.05, 3.63) is 57.3 Å². The van der Waals surface area contributed by atoms with E-state index in [-0.39, 0.29) is 12.0 Å². The summed E-state index contributed by atoms with van der Waals surface area (Å²) in [6.07, 6.45) is 0.674. The van der Waals surface area contributed by atoms with E-state index in [4.69, 9.17) is 5.73 Å². The second-order valence-electron chi connectivity index (χ2n) is 6.16. The van der Waals surface area contributed by atoms with Crippen molar-refractivity contribution in [1.29, 1.82) is 0 Å². The fourth-order valence-electron chi connectivity index (χ4n) is 2.93. The van der Waals surface area contributed by atoms with Crippen LogP contribution in [0.1, 0.15) is 32.8 Å². The van der Waals surface area contributed by atoms with Gasteiger partial charge in [0.05, 0.1) is 11.0 Å². The Labute approximate surface area is 146 Å². The number of amides is 1. The highest BCUT2D eigenvalue weighted by Crippen LogP contribution is 2.17. The molecule has 1 aliphatic rings. The van der Waals surface area contributed by atoms with Gasteiger partial charge in [0, 0.05) is 32.7 Å². The Kier molecular flexibility index (Phi) is 5.63. The summed E-state index contributed by atoms with van der Waals surface area (Å²) < 4.78 is 0. The van der Waals surface area contributed by atoms with Gasteiger partial charge in [-0.2, -0.15) is 0 Å². The summed E-state index contributed by atoms with van der Waals surface area (Å²) in [7, 11) is 0. The third-order valence-corrected chi connectivity index (χ3v) is 5.26. The lowest BCUT2D eigenvalue weighted by Gasteiger charge is -2.15. The highest BCUT2D eigenvalue weighted by atomic mass is 32.1. The van der Waals surface area contributed by atoms with E-state index < -0.39 is 0 Å². The zero-order valence-electron chi connectivity index (χ0n) is 13.6. The van der Waals surface area contributed by atoms with E-state index in [1.165, 1.54) is 16.9 Å². The lowest BCUT2D eigenvalue weighted by molar-refractivity contribution is 0.0954. The van der Waals surface area contributed by atoms with Gasteiger partial charge in [-0.15, -0.1) is 11.3 Å². The van der Waals surface area contributed by atoms with E-state index in [1.807, 2.05) is 23.6 Å². The number of benzene rings is 1. The van der Waals surface area contributed by atoms with Crippen molar-refractivity contribution in [3.63, 3.8) is 0 Å². The molecule has 0 spiro atoms. The predicted molar refractivity (Wildman–Crippen MR) is 95.7 cm³/mol. The van der Waals surface area contributed by atoms with Gasteiger partial charge in [-0.1, -0.05) is 24.3 Å². The van der Waals surface area contributed by atoms with E-state index >= 15 is 0 Å². The van der Waals surface area contributed by atoms with Gasteiger partial charge >= 0.3 is 0 Å². The summed E-state index contributed by atoms with van der Waals surface area (Å²) in [6.45, 7) is 3.44. The number of β-amino-alcohol motifs (C(OH)–C–C–N with tert-alkyl or cyclic N) is 1. The molecular weight excluding hydrogens is 322 g/mol. The molecule has 1 aliphatic heterocycles. The van der Waals surface area contributed by atoms with Crippen LogP contribution in [-0.4, -0.2) is 35.1 Å². The number of aliphatic hydroxyl groups excluding tert-OH is 1. The van der Waals surface area contributed by atoms with E-state index in [9.17, 15) is 9.90 Å². The number of thiophene rings is 1. The quantitative estimate of drug-likeness (QED) is 0.745. The number of aliphatic hydroxyl groups is 1. The highest BCUT2D eigenvalue weighted by Gasteiger charge is 2.19. The maximum Gasteiger partial charge on any atom is 0.261 e. The van der Waals surface area contributed by atoms with Crippen molar-refractivity contribution in [2.45, 2.75) is 32.2 Å². The van der Waals surface area contributed by atoms with Crippen LogP contribution in [-0.2, 0) is 19.6 Å². The molecule has 1 unspecified atom stereocenters. The fraction of sp³-hybridized carbons (Fsp3) is 0.389. The summed E-state index contributed by atoms with van der Waals surface area (Å²) in [5, 5.41) is 14.4. The summed E-state index contributed by atoms with van der Waals surface area (Å²) >= 11 is 1.42. The van der Waals surface area contributed by atoms with E-state index in [0.717, 1.165) is 37.2 Å². The molecule has 0 bridgehead atoms. The molecule has 1 saturated heterocycles. The summed E-state index contributed by atoms with van der Waals surface area (Å²) in [5.74, 6) is -0.0689. The molecule has 6 heteroatoms. The van der Waals surface area contributed by atoms with E-state index in [2.05, 4.69) is 22.3 Å². The molecule has 1 atom stereocenters. The predicted octanol–water partition coefficient (Wildman–Crippen LogP) is 1.70. The third-order valence-electron chi connectivity index (χ3n) is 4.30. The largest absolute Gasteiger partial charge is 0.392 e. The third kappa shape index (κ3) is 4.21. The first-order chi connectivity index (χ1) is 11.7. The molecule has 2 heterocycles. The Morgan fingerprint density at radius 1 is 1.29 bits per heavy atom. The number of nitrogens with two attached hydrogens (primary N) is 1. The van der Waals surface area contributed by atoms with Crippen LogP contribution in [0.3, 0.4) is 0 Å². The summed E-state index contributed by atoms with van der Waals surface area (Å²) in [6, 6.07) is 10.1. The van der Waals surface area contributed by atoms with Crippen LogP contribution in [0.25, 0.3) is 0 Å². The fourth-order valence-corrected chi connectivity index (χ4v) is 3.79. The number of hydrogen-bond donors (Lipinski definition) is 3. The van der Waals surface area contributed by atoms with Crippen LogP contribution in [0.2, 0.25) is 0 Å². The molecule has 2 aromatic rings. The van der Waals surface area contributed by atoms with Gasteiger partial charge in [-0.05, 0) is 34.6 Å². The van der Waals surface area contributed by atoms with Crippen molar-refractivity contribution in [3.8, 4) is 0 Å². The Bertz CT molecular complexity index is 684. The lowest BCUT2D eigenvalue weighted by atomic mass is 10.1. The molecule has 24 heavy (non-hydrogen) atoms. The number of rotatable bonds is 6. The van der Waals surface area contributed by atoms with Crippen LogP contribution in [0.4, 0.5) is 0 Å². The number of carbonyl (C=O) groups excluding carboxylic acids is 1. The first kappa shape index (κ1) is 17.1. The first-order valence-electron chi connectivity index (χ1n) is 8.18. The van der Waals surface area contributed by atoms with Crippen LogP contribution in [0, 0.1) is 0 Å². The maximum absolute atomic E-state index is 12.2. The molecule has 1 fully saturated rings. The number of likely N-dealkylation sites (tertiary alicyclic amines) is 1. The van der Waals surface area contributed by atoms with Crippen molar-refractivity contribution in [2.75, 3.05) is 13.1 Å². The smallest absolute Gasteiger partial charge is 0.261 e. The average molecular weight is 345 g/mol. The molecule has 0 radical (unpaired) electrons. The molecule has 0 saturated carbocycles. The van der Waals surface area contributed by atoms with Crippen LogP contribution in [0.5, 0.6) is 0 Å². The van der Waals surface area contributed by atoms with Crippen LogP contribution < -0.4 is 11.1 Å². The van der Waals surface area contributed by atoms with Gasteiger partial charge in [0.25, 0.3) is 5.91 Å². The van der Waals surface area contributed by atoms with Gasteiger partial charge in [0.2, 0.25) is 0 Å². The van der Waals surface area contributed by atoms with Crippen LogP contribution >= 0.6 is 11.3 Å². The molecular formula is C18H23N3O2S. The Hall–Kier alpha value is -1.73. The SMILES string of the molecule is NCc1ccsc1C(=O)NCc1ccc(CN2CCC(O)C2)cc1. The van der Waals surface area contributed by atoms with Gasteiger partial charge < -0.3 is 16.2 Å². The molecule has 4 N–H and O–H groups in total. The van der Waals surface area contributed by atoms with Crippen molar-refractivity contribution in [2.24, 2.45) is 5.73 Å². The minimum Gasteiger partial charge on any atom is -0.392 e.